The van der Waals surface area contributed by atoms with Crippen LogP contribution >= 0.6 is 43.7 Å². The fraction of sp³-hybridized carbons (Fsp3) is 0.576. The standard InChI is InChI=1S/C21H33Cl2P.C9H11Cl.C3H6O/c1-5-10-17(6-2)11-8-7-9-14-21(4,16(3)24)18-12-13-19(22)20(23)15-18;1-2-4-8-5-3-6-9(10)7-8;1-3(2)4/h12-13,15,17,24H,5-11,14H2,1-4H3;3,5-7H,2,4H2,1H3;1-2H3. The maximum atomic E-state index is 9.44. The molecule has 0 fully saturated rings. The summed E-state index contributed by atoms with van der Waals surface area (Å²) in [5.41, 5.74) is 2.57. The highest BCUT2D eigenvalue weighted by atomic mass is 35.5. The van der Waals surface area contributed by atoms with Crippen LogP contribution in [0.4, 0.5) is 0 Å². The average Bonchev–Trinajstić information content (AvgIpc) is 2.85. The number of hydrogen-bond acceptors (Lipinski definition) is 1. The van der Waals surface area contributed by atoms with Gasteiger partial charge >= 0.3 is 0 Å². The third-order valence-corrected chi connectivity index (χ3v) is 8.40. The molecular weight excluding hydrogens is 550 g/mol. The number of unbranched alkanes of at least 4 members (excludes halogenated alkanes) is 2. The first-order valence-electron chi connectivity index (χ1n) is 14.1. The van der Waals surface area contributed by atoms with E-state index >= 15 is 0 Å². The van der Waals surface area contributed by atoms with Gasteiger partial charge in [0.25, 0.3) is 0 Å². The van der Waals surface area contributed by atoms with Crippen molar-refractivity contribution in [1.82, 2.24) is 0 Å². The van der Waals surface area contributed by atoms with Crippen molar-refractivity contribution in [2.75, 3.05) is 0 Å². The van der Waals surface area contributed by atoms with E-state index in [1.165, 1.54) is 81.6 Å². The fourth-order valence-corrected chi connectivity index (χ4v) is 5.20. The van der Waals surface area contributed by atoms with E-state index < -0.39 is 0 Å². The Labute approximate surface area is 251 Å². The summed E-state index contributed by atoms with van der Waals surface area (Å²) in [7, 11) is 3.80. The number of carbonyl (C=O) groups is 1. The molecule has 1 nitrogen and oxygen atoms in total. The molecule has 2 aromatic carbocycles. The Hall–Kier alpha value is -0.850. The van der Waals surface area contributed by atoms with Gasteiger partial charge in [-0.3, -0.25) is 0 Å². The first kappa shape index (κ1) is 37.1. The highest BCUT2D eigenvalue weighted by Gasteiger charge is 2.28. The molecule has 5 heteroatoms. The van der Waals surface area contributed by atoms with Gasteiger partial charge in [0.15, 0.2) is 0 Å². The highest BCUT2D eigenvalue weighted by molar-refractivity contribution is 7.21. The lowest BCUT2D eigenvalue weighted by atomic mass is 9.75. The number of ketones is 1. The third-order valence-electron chi connectivity index (χ3n) is 6.88. The van der Waals surface area contributed by atoms with Crippen molar-refractivity contribution in [3.63, 3.8) is 0 Å². The first-order valence-corrected chi connectivity index (χ1v) is 15.8. The molecule has 0 aliphatic carbocycles. The van der Waals surface area contributed by atoms with Gasteiger partial charge in [-0.05, 0) is 80.2 Å². The molecule has 2 atom stereocenters. The van der Waals surface area contributed by atoms with Crippen molar-refractivity contribution in [2.24, 2.45) is 5.92 Å². The molecule has 2 unspecified atom stereocenters. The predicted octanol–water partition coefficient (Wildman–Crippen LogP) is 12.3. The number of hydrogen-bond donors (Lipinski definition) is 0. The summed E-state index contributed by atoms with van der Waals surface area (Å²) in [6.45, 7) is 14.3. The first-order chi connectivity index (χ1) is 17.9. The van der Waals surface area contributed by atoms with Gasteiger partial charge in [0, 0.05) is 10.4 Å². The van der Waals surface area contributed by atoms with E-state index in [9.17, 15) is 4.79 Å². The third kappa shape index (κ3) is 15.7. The molecule has 0 N–H and O–H groups in total. The van der Waals surface area contributed by atoms with Gasteiger partial charge in [0.05, 0.1) is 10.0 Å². The average molecular weight is 600 g/mol. The van der Waals surface area contributed by atoms with E-state index in [2.05, 4.69) is 55.6 Å². The Morgan fingerprint density at radius 1 is 0.868 bits per heavy atom. The van der Waals surface area contributed by atoms with E-state index in [1.807, 2.05) is 30.3 Å². The smallest absolute Gasteiger partial charge is 0.126 e. The molecule has 214 valence electrons. The number of benzene rings is 2. The lowest BCUT2D eigenvalue weighted by Crippen LogP contribution is -2.29. The minimum absolute atomic E-state index is 0.00130. The normalized spacial score (nSPS) is 12.8. The number of aryl methyl sites for hydroxylation is 1. The Morgan fingerprint density at radius 3 is 2.03 bits per heavy atom. The second-order valence-corrected chi connectivity index (χ2v) is 12.5. The van der Waals surface area contributed by atoms with Gasteiger partial charge in [0.1, 0.15) is 5.78 Å². The van der Waals surface area contributed by atoms with Crippen LogP contribution in [0.5, 0.6) is 0 Å². The Kier molecular flexibility index (Phi) is 20.5. The van der Waals surface area contributed by atoms with Crippen LogP contribution in [-0.4, -0.2) is 11.1 Å². The van der Waals surface area contributed by atoms with Crippen LogP contribution in [0, 0.1) is 5.92 Å². The highest BCUT2D eigenvalue weighted by Crippen LogP contribution is 2.36. The molecular formula is C33H50Cl3OP. The van der Waals surface area contributed by atoms with Crippen molar-refractivity contribution in [1.29, 1.82) is 0 Å². The Balaban J connectivity index is 0.000000799. The summed E-state index contributed by atoms with van der Waals surface area (Å²) in [4.78, 5) is 9.44. The van der Waals surface area contributed by atoms with Crippen LogP contribution in [0.1, 0.15) is 117 Å². The van der Waals surface area contributed by atoms with Crippen LogP contribution in [0.3, 0.4) is 0 Å². The van der Waals surface area contributed by atoms with Crippen LogP contribution in [0.2, 0.25) is 15.1 Å². The minimum atomic E-state index is -0.00130. The SMILES string of the molecule is CC(C)=O.CCCC(CC)CCCCCC(C)(C(C)=P)c1ccc(Cl)c(Cl)c1.CCCc1cccc(Cl)c1. The second kappa shape index (κ2) is 21.0. The van der Waals surface area contributed by atoms with Crippen molar-refractivity contribution in [3.05, 3.63) is 68.7 Å². The monoisotopic (exact) mass is 598 g/mol. The zero-order chi connectivity index (χ0) is 29.1. The number of halogens is 3. The summed E-state index contributed by atoms with van der Waals surface area (Å²) in [5, 5.41) is 3.35. The topological polar surface area (TPSA) is 17.1 Å². The van der Waals surface area contributed by atoms with E-state index in [0.717, 1.165) is 23.8 Å². The maximum Gasteiger partial charge on any atom is 0.126 e. The van der Waals surface area contributed by atoms with E-state index in [1.54, 1.807) is 0 Å². The lowest BCUT2D eigenvalue weighted by molar-refractivity contribution is -0.114. The lowest BCUT2D eigenvalue weighted by Gasteiger charge is -2.31. The molecule has 0 aliphatic heterocycles. The molecule has 0 saturated carbocycles. The fourth-order valence-electron chi connectivity index (χ4n) is 4.42. The molecule has 0 bridgehead atoms. The van der Waals surface area contributed by atoms with Gasteiger partial charge in [-0.1, -0.05) is 132 Å². The van der Waals surface area contributed by atoms with Crippen LogP contribution in [-0.2, 0) is 16.6 Å². The van der Waals surface area contributed by atoms with Crippen LogP contribution in [0.15, 0.2) is 42.5 Å². The maximum absolute atomic E-state index is 9.44. The molecule has 0 aromatic heterocycles. The summed E-state index contributed by atoms with van der Waals surface area (Å²) in [5.74, 6) is 1.08. The van der Waals surface area contributed by atoms with Crippen molar-refractivity contribution in [2.45, 2.75) is 118 Å². The van der Waals surface area contributed by atoms with Gasteiger partial charge < -0.3 is 4.79 Å². The zero-order valence-electron chi connectivity index (χ0n) is 24.7. The van der Waals surface area contributed by atoms with Crippen molar-refractivity contribution < 1.29 is 4.79 Å². The van der Waals surface area contributed by atoms with Crippen LogP contribution < -0.4 is 0 Å². The van der Waals surface area contributed by atoms with E-state index in [0.29, 0.717) is 10.0 Å². The summed E-state index contributed by atoms with van der Waals surface area (Å²) in [6, 6.07) is 14.0. The van der Waals surface area contributed by atoms with E-state index in [4.69, 9.17) is 34.8 Å². The molecule has 38 heavy (non-hydrogen) atoms. The molecule has 0 saturated heterocycles. The molecule has 2 rings (SSSR count). The Morgan fingerprint density at radius 2 is 1.53 bits per heavy atom. The van der Waals surface area contributed by atoms with Crippen molar-refractivity contribution in [3.8, 4) is 0 Å². The summed E-state index contributed by atoms with van der Waals surface area (Å²) in [6.07, 6.45) is 12.7. The van der Waals surface area contributed by atoms with Gasteiger partial charge in [-0.25, -0.2) is 0 Å². The number of Topliss-reactive ketones (excluding diaryl/α,β-unsaturated/α-hetero) is 1. The van der Waals surface area contributed by atoms with Gasteiger partial charge in [0.2, 0.25) is 0 Å². The molecule has 0 heterocycles. The van der Waals surface area contributed by atoms with Crippen molar-refractivity contribution >= 4 is 54.7 Å². The summed E-state index contributed by atoms with van der Waals surface area (Å²) < 4.78 is 0. The largest absolute Gasteiger partial charge is 0.300 e. The van der Waals surface area contributed by atoms with Gasteiger partial charge in [-0.15, -0.1) is 8.86 Å². The predicted molar refractivity (Wildman–Crippen MR) is 176 cm³/mol. The molecule has 0 amide bonds. The molecule has 0 aliphatic rings. The summed E-state index contributed by atoms with van der Waals surface area (Å²) >= 11 is 18.1. The Bertz CT molecular complexity index is 955. The van der Waals surface area contributed by atoms with E-state index in [-0.39, 0.29) is 11.2 Å². The number of carbonyl (C=O) groups excluding carboxylic acids is 1. The molecule has 0 radical (unpaired) electrons. The second-order valence-electron chi connectivity index (χ2n) is 10.5. The molecule has 0 spiro atoms. The minimum Gasteiger partial charge on any atom is -0.300 e. The molecule has 2 aromatic rings. The zero-order valence-corrected chi connectivity index (χ0v) is 28.0. The van der Waals surface area contributed by atoms with Gasteiger partial charge in [-0.2, -0.15) is 0 Å². The van der Waals surface area contributed by atoms with Crippen LogP contribution in [0.25, 0.3) is 0 Å². The quantitative estimate of drug-likeness (QED) is 0.165. The number of rotatable bonds is 13.